The van der Waals surface area contributed by atoms with Crippen LogP contribution in [0.15, 0.2) is 24.3 Å². The van der Waals surface area contributed by atoms with Gasteiger partial charge in [-0.15, -0.1) is 0 Å². The van der Waals surface area contributed by atoms with E-state index in [9.17, 15) is 9.59 Å². The van der Waals surface area contributed by atoms with E-state index in [0.29, 0.717) is 6.54 Å². The molecule has 0 saturated heterocycles. The molecule has 1 rings (SSSR count). The van der Waals surface area contributed by atoms with Crippen molar-refractivity contribution in [2.45, 2.75) is 33.2 Å². The molecular weight excluding hydrogens is 280 g/mol. The number of hydrogen-bond donors (Lipinski definition) is 0. The Morgan fingerprint density at radius 2 is 1.91 bits per heavy atom. The van der Waals surface area contributed by atoms with Gasteiger partial charge in [-0.05, 0) is 12.5 Å². The molecule has 5 heteroatoms. The van der Waals surface area contributed by atoms with Crippen LogP contribution in [0.3, 0.4) is 0 Å². The lowest BCUT2D eigenvalue weighted by Crippen LogP contribution is -2.40. The van der Waals surface area contributed by atoms with Crippen molar-refractivity contribution in [2.75, 3.05) is 27.2 Å². The standard InChI is InChI=1S/C17H26N2O3/c1-5-6-11-18(3)17(21)13-19(14(2)20)12-15-9-7-8-10-16(15)22-4/h7-10H,5-6,11-13H2,1-4H3. The molecule has 122 valence electrons. The van der Waals surface area contributed by atoms with Gasteiger partial charge in [0.25, 0.3) is 0 Å². The van der Waals surface area contributed by atoms with Crippen LogP contribution >= 0.6 is 0 Å². The van der Waals surface area contributed by atoms with Gasteiger partial charge in [-0.2, -0.15) is 0 Å². The van der Waals surface area contributed by atoms with Crippen molar-refractivity contribution in [2.24, 2.45) is 0 Å². The summed E-state index contributed by atoms with van der Waals surface area (Å²) in [5.74, 6) is 0.558. The van der Waals surface area contributed by atoms with Gasteiger partial charge in [-0.1, -0.05) is 31.5 Å². The molecule has 0 aliphatic carbocycles. The van der Waals surface area contributed by atoms with Crippen molar-refractivity contribution in [3.8, 4) is 5.75 Å². The number of hydrogen-bond acceptors (Lipinski definition) is 3. The van der Waals surface area contributed by atoms with Crippen LogP contribution < -0.4 is 4.74 Å². The van der Waals surface area contributed by atoms with Crippen LogP contribution in [0.25, 0.3) is 0 Å². The van der Waals surface area contributed by atoms with E-state index in [0.717, 1.165) is 30.7 Å². The summed E-state index contributed by atoms with van der Waals surface area (Å²) in [4.78, 5) is 27.3. The lowest BCUT2D eigenvalue weighted by molar-refractivity contribution is -0.139. The summed E-state index contributed by atoms with van der Waals surface area (Å²) in [6, 6.07) is 7.53. The Bertz CT molecular complexity index is 502. The van der Waals surface area contributed by atoms with Gasteiger partial charge in [0.2, 0.25) is 11.8 Å². The molecule has 0 unspecified atom stereocenters. The number of carbonyl (C=O) groups is 2. The number of likely N-dealkylation sites (N-methyl/N-ethyl adjacent to an activating group) is 1. The predicted octanol–water partition coefficient (Wildman–Crippen LogP) is 2.30. The Morgan fingerprint density at radius 3 is 2.50 bits per heavy atom. The Balaban J connectivity index is 2.74. The van der Waals surface area contributed by atoms with Gasteiger partial charge in [-0.25, -0.2) is 0 Å². The van der Waals surface area contributed by atoms with Crippen molar-refractivity contribution in [3.05, 3.63) is 29.8 Å². The number of rotatable bonds is 8. The zero-order valence-electron chi connectivity index (χ0n) is 14.0. The van der Waals surface area contributed by atoms with E-state index < -0.39 is 0 Å². The molecule has 0 heterocycles. The highest BCUT2D eigenvalue weighted by Crippen LogP contribution is 2.19. The number of ether oxygens (including phenoxy) is 1. The van der Waals surface area contributed by atoms with E-state index in [1.54, 1.807) is 24.0 Å². The minimum absolute atomic E-state index is 0.0430. The summed E-state index contributed by atoms with van der Waals surface area (Å²) in [6.07, 6.45) is 2.00. The zero-order valence-corrected chi connectivity index (χ0v) is 14.0. The number of amides is 2. The number of unbranched alkanes of at least 4 members (excludes halogenated alkanes) is 1. The fraction of sp³-hybridized carbons (Fsp3) is 0.529. The molecule has 5 nitrogen and oxygen atoms in total. The van der Waals surface area contributed by atoms with Crippen molar-refractivity contribution >= 4 is 11.8 Å². The maximum Gasteiger partial charge on any atom is 0.241 e. The smallest absolute Gasteiger partial charge is 0.241 e. The minimum atomic E-state index is -0.122. The Hall–Kier alpha value is -2.04. The second-order valence-electron chi connectivity index (χ2n) is 5.36. The highest BCUT2D eigenvalue weighted by atomic mass is 16.5. The van der Waals surface area contributed by atoms with Gasteiger partial charge in [0.05, 0.1) is 7.11 Å². The molecule has 1 aromatic rings. The molecule has 1 aromatic carbocycles. The molecular formula is C17H26N2O3. The number of para-hydroxylation sites is 1. The van der Waals surface area contributed by atoms with E-state index in [-0.39, 0.29) is 18.4 Å². The Kier molecular flexibility index (Phi) is 7.43. The molecule has 0 spiro atoms. The van der Waals surface area contributed by atoms with Gasteiger partial charge in [-0.3, -0.25) is 9.59 Å². The maximum atomic E-state index is 12.2. The van der Waals surface area contributed by atoms with Crippen molar-refractivity contribution < 1.29 is 14.3 Å². The van der Waals surface area contributed by atoms with E-state index >= 15 is 0 Å². The zero-order chi connectivity index (χ0) is 16.5. The van der Waals surface area contributed by atoms with E-state index in [1.807, 2.05) is 24.3 Å². The van der Waals surface area contributed by atoms with E-state index in [1.165, 1.54) is 6.92 Å². The third kappa shape index (κ3) is 5.39. The second-order valence-corrected chi connectivity index (χ2v) is 5.36. The molecule has 0 aromatic heterocycles. The van der Waals surface area contributed by atoms with E-state index in [4.69, 9.17) is 4.74 Å². The highest BCUT2D eigenvalue weighted by molar-refractivity contribution is 5.83. The maximum absolute atomic E-state index is 12.2. The Morgan fingerprint density at radius 1 is 1.23 bits per heavy atom. The average Bonchev–Trinajstić information content (AvgIpc) is 2.52. The second kappa shape index (κ2) is 9.07. The topological polar surface area (TPSA) is 49.9 Å². The first-order valence-electron chi connectivity index (χ1n) is 7.61. The number of nitrogens with zero attached hydrogens (tertiary/aromatic N) is 2. The molecule has 0 radical (unpaired) electrons. The van der Waals surface area contributed by atoms with Gasteiger partial charge in [0.1, 0.15) is 12.3 Å². The molecule has 22 heavy (non-hydrogen) atoms. The fourth-order valence-corrected chi connectivity index (χ4v) is 2.12. The first-order chi connectivity index (χ1) is 10.5. The lowest BCUT2D eigenvalue weighted by Gasteiger charge is -2.25. The largest absolute Gasteiger partial charge is 0.496 e. The van der Waals surface area contributed by atoms with Crippen molar-refractivity contribution in [1.82, 2.24) is 9.80 Å². The summed E-state index contributed by atoms with van der Waals surface area (Å²) in [7, 11) is 3.38. The van der Waals surface area contributed by atoms with Crippen molar-refractivity contribution in [3.63, 3.8) is 0 Å². The normalized spacial score (nSPS) is 10.2. The van der Waals surface area contributed by atoms with Crippen LogP contribution in [0, 0.1) is 0 Å². The monoisotopic (exact) mass is 306 g/mol. The molecule has 0 saturated carbocycles. The third-order valence-electron chi connectivity index (χ3n) is 3.60. The van der Waals surface area contributed by atoms with Crippen LogP contribution in [0.5, 0.6) is 5.75 Å². The van der Waals surface area contributed by atoms with Gasteiger partial charge >= 0.3 is 0 Å². The minimum Gasteiger partial charge on any atom is -0.496 e. The molecule has 0 atom stereocenters. The summed E-state index contributed by atoms with van der Waals surface area (Å²) in [5, 5.41) is 0. The lowest BCUT2D eigenvalue weighted by atomic mass is 10.2. The van der Waals surface area contributed by atoms with Crippen LogP contribution in [-0.4, -0.2) is 48.9 Å². The van der Waals surface area contributed by atoms with Gasteiger partial charge in [0.15, 0.2) is 0 Å². The summed E-state index contributed by atoms with van der Waals surface area (Å²) < 4.78 is 5.30. The van der Waals surface area contributed by atoms with Crippen LogP contribution in [-0.2, 0) is 16.1 Å². The molecule has 0 fully saturated rings. The molecule has 2 amide bonds. The number of methoxy groups -OCH3 is 1. The van der Waals surface area contributed by atoms with Crippen LogP contribution in [0.2, 0.25) is 0 Å². The SMILES string of the molecule is CCCCN(C)C(=O)CN(Cc1ccccc1OC)C(C)=O. The van der Waals surface area contributed by atoms with Crippen LogP contribution in [0.4, 0.5) is 0 Å². The van der Waals surface area contributed by atoms with Gasteiger partial charge < -0.3 is 14.5 Å². The first kappa shape index (κ1) is 18.0. The summed E-state index contributed by atoms with van der Waals surface area (Å²) in [6.45, 7) is 4.74. The van der Waals surface area contributed by atoms with Gasteiger partial charge in [0, 0.05) is 32.6 Å². The predicted molar refractivity (Wildman–Crippen MR) is 86.6 cm³/mol. The first-order valence-corrected chi connectivity index (χ1v) is 7.61. The molecule has 0 bridgehead atoms. The average molecular weight is 306 g/mol. The van der Waals surface area contributed by atoms with Crippen molar-refractivity contribution in [1.29, 1.82) is 0 Å². The molecule has 0 aliphatic heterocycles. The number of benzene rings is 1. The molecule has 0 N–H and O–H groups in total. The summed E-state index contributed by atoms with van der Waals surface area (Å²) >= 11 is 0. The third-order valence-corrected chi connectivity index (χ3v) is 3.60. The number of carbonyl (C=O) groups excluding carboxylic acids is 2. The highest BCUT2D eigenvalue weighted by Gasteiger charge is 2.18. The Labute approximate surface area is 132 Å². The molecule has 0 aliphatic rings. The summed E-state index contributed by atoms with van der Waals surface area (Å²) in [5.41, 5.74) is 0.893. The fourth-order valence-electron chi connectivity index (χ4n) is 2.12. The van der Waals surface area contributed by atoms with E-state index in [2.05, 4.69) is 6.92 Å². The van der Waals surface area contributed by atoms with Crippen LogP contribution in [0.1, 0.15) is 32.3 Å². The quantitative estimate of drug-likeness (QED) is 0.740.